The molecule has 1 aromatic carbocycles. The number of amides is 1. The minimum Gasteiger partial charge on any atom is -0.323 e. The second kappa shape index (κ2) is 6.82. The average Bonchev–Trinajstić information content (AvgIpc) is 2.91. The Labute approximate surface area is 130 Å². The van der Waals surface area contributed by atoms with E-state index in [2.05, 4.69) is 20.8 Å². The molecule has 0 aliphatic rings. The van der Waals surface area contributed by atoms with Crippen LogP contribution < -0.4 is 5.32 Å². The van der Waals surface area contributed by atoms with Crippen molar-refractivity contribution in [2.75, 3.05) is 5.32 Å². The Bertz CT molecular complexity index is 676. The molecule has 1 atom stereocenters. The van der Waals surface area contributed by atoms with Crippen LogP contribution in [0.2, 0.25) is 0 Å². The summed E-state index contributed by atoms with van der Waals surface area (Å²) >= 11 is 1.14. The molecule has 0 aliphatic heterocycles. The van der Waals surface area contributed by atoms with Crippen LogP contribution in [0.25, 0.3) is 0 Å². The van der Waals surface area contributed by atoms with Crippen LogP contribution in [0.15, 0.2) is 23.4 Å². The number of carbonyl (C=O) groups is 1. The Kier molecular flexibility index (Phi) is 5.07. The van der Waals surface area contributed by atoms with Gasteiger partial charge in [-0.1, -0.05) is 11.8 Å². The van der Waals surface area contributed by atoms with Crippen molar-refractivity contribution < 1.29 is 13.6 Å². The lowest BCUT2D eigenvalue weighted by Crippen LogP contribution is -2.23. The number of rotatable bonds is 5. The van der Waals surface area contributed by atoms with Crippen LogP contribution in [0, 0.1) is 11.6 Å². The number of anilines is 1. The van der Waals surface area contributed by atoms with Gasteiger partial charge in [-0.25, -0.2) is 13.5 Å². The first-order valence-electron chi connectivity index (χ1n) is 6.59. The lowest BCUT2D eigenvalue weighted by Gasteiger charge is -2.13. The van der Waals surface area contributed by atoms with Gasteiger partial charge in [0.1, 0.15) is 11.6 Å². The fourth-order valence-electron chi connectivity index (χ4n) is 1.63. The Morgan fingerprint density at radius 2 is 2.05 bits per heavy atom. The molecule has 118 valence electrons. The molecule has 9 heteroatoms. The summed E-state index contributed by atoms with van der Waals surface area (Å²) in [7, 11) is 0. The highest BCUT2D eigenvalue weighted by molar-refractivity contribution is 8.00. The molecule has 0 saturated heterocycles. The molecular formula is C13H15F2N5OS. The van der Waals surface area contributed by atoms with E-state index in [1.54, 1.807) is 11.6 Å². The quantitative estimate of drug-likeness (QED) is 0.855. The fraction of sp³-hybridized carbons (Fsp3) is 0.385. The number of nitrogens with one attached hydrogen (secondary N) is 1. The molecule has 2 rings (SSSR count). The fourth-order valence-corrected chi connectivity index (χ4v) is 2.55. The van der Waals surface area contributed by atoms with Crippen LogP contribution in [-0.4, -0.2) is 31.4 Å². The monoisotopic (exact) mass is 327 g/mol. The average molecular weight is 327 g/mol. The van der Waals surface area contributed by atoms with Gasteiger partial charge in [-0.15, -0.1) is 5.10 Å². The summed E-state index contributed by atoms with van der Waals surface area (Å²) in [5.74, 6) is -1.78. The first-order valence-corrected chi connectivity index (χ1v) is 7.47. The van der Waals surface area contributed by atoms with Crippen LogP contribution in [-0.2, 0) is 4.79 Å². The predicted molar refractivity (Wildman–Crippen MR) is 78.5 cm³/mol. The van der Waals surface area contributed by atoms with E-state index in [4.69, 9.17) is 0 Å². The van der Waals surface area contributed by atoms with E-state index in [9.17, 15) is 13.6 Å². The number of aromatic nitrogens is 4. The molecular weight excluding hydrogens is 312 g/mol. The molecule has 1 heterocycles. The lowest BCUT2D eigenvalue weighted by atomic mass is 10.3. The molecule has 0 aliphatic carbocycles. The van der Waals surface area contributed by atoms with Crippen molar-refractivity contribution in [3.8, 4) is 0 Å². The highest BCUT2D eigenvalue weighted by Gasteiger charge is 2.20. The number of benzene rings is 1. The predicted octanol–water partition coefficient (Wildman–Crippen LogP) is 2.65. The molecule has 0 radical (unpaired) electrons. The first-order chi connectivity index (χ1) is 10.4. The van der Waals surface area contributed by atoms with E-state index in [0.29, 0.717) is 5.16 Å². The summed E-state index contributed by atoms with van der Waals surface area (Å²) < 4.78 is 28.2. The molecule has 1 aromatic heterocycles. The number of thioether (sulfide) groups is 1. The SMILES string of the molecule is CC(Sc1nnnn1C(C)C)C(=O)Nc1cc(F)ccc1F. The number of hydrogen-bond donors (Lipinski definition) is 1. The van der Waals surface area contributed by atoms with Gasteiger partial charge in [-0.3, -0.25) is 4.79 Å². The van der Waals surface area contributed by atoms with E-state index in [-0.39, 0.29) is 11.7 Å². The summed E-state index contributed by atoms with van der Waals surface area (Å²) in [6.45, 7) is 5.46. The molecule has 1 amide bonds. The Morgan fingerprint density at radius 3 is 2.73 bits per heavy atom. The zero-order valence-electron chi connectivity index (χ0n) is 12.2. The molecule has 22 heavy (non-hydrogen) atoms. The molecule has 0 fully saturated rings. The van der Waals surface area contributed by atoms with E-state index >= 15 is 0 Å². The number of tetrazole rings is 1. The van der Waals surface area contributed by atoms with Crippen LogP contribution >= 0.6 is 11.8 Å². The van der Waals surface area contributed by atoms with Crippen LogP contribution in [0.5, 0.6) is 0 Å². The third-order valence-electron chi connectivity index (χ3n) is 2.79. The normalized spacial score (nSPS) is 12.5. The van der Waals surface area contributed by atoms with Crippen LogP contribution in [0.4, 0.5) is 14.5 Å². The van der Waals surface area contributed by atoms with Crippen molar-refractivity contribution >= 4 is 23.4 Å². The summed E-state index contributed by atoms with van der Waals surface area (Å²) in [5, 5.41) is 13.5. The molecule has 0 bridgehead atoms. The van der Waals surface area contributed by atoms with Crippen LogP contribution in [0.1, 0.15) is 26.8 Å². The summed E-state index contributed by atoms with van der Waals surface area (Å²) in [6.07, 6.45) is 0. The molecule has 0 spiro atoms. The summed E-state index contributed by atoms with van der Waals surface area (Å²) in [5.41, 5.74) is -0.194. The number of carbonyl (C=O) groups excluding carboxylic acids is 1. The van der Waals surface area contributed by atoms with Gasteiger partial charge in [0, 0.05) is 6.07 Å². The van der Waals surface area contributed by atoms with Crippen molar-refractivity contribution in [1.82, 2.24) is 20.2 Å². The zero-order valence-corrected chi connectivity index (χ0v) is 13.1. The van der Waals surface area contributed by atoms with Gasteiger partial charge in [0.15, 0.2) is 0 Å². The second-order valence-electron chi connectivity index (χ2n) is 4.87. The van der Waals surface area contributed by atoms with E-state index in [1.165, 1.54) is 0 Å². The standard InChI is InChI=1S/C13H15F2N5OS/c1-7(2)20-13(17-18-19-20)22-8(3)12(21)16-11-6-9(14)4-5-10(11)15/h4-8H,1-3H3,(H,16,21). The molecule has 1 N–H and O–H groups in total. The Hall–Kier alpha value is -2.03. The molecule has 2 aromatic rings. The van der Waals surface area contributed by atoms with Crippen molar-refractivity contribution in [2.24, 2.45) is 0 Å². The summed E-state index contributed by atoms with van der Waals surface area (Å²) in [6, 6.07) is 2.93. The number of halogens is 2. The smallest absolute Gasteiger partial charge is 0.237 e. The van der Waals surface area contributed by atoms with Crippen molar-refractivity contribution in [3.05, 3.63) is 29.8 Å². The van der Waals surface area contributed by atoms with Crippen molar-refractivity contribution in [3.63, 3.8) is 0 Å². The van der Waals surface area contributed by atoms with Gasteiger partial charge in [-0.05, 0) is 43.3 Å². The maximum absolute atomic E-state index is 13.5. The van der Waals surface area contributed by atoms with E-state index < -0.39 is 22.8 Å². The van der Waals surface area contributed by atoms with Crippen molar-refractivity contribution in [2.45, 2.75) is 37.2 Å². The van der Waals surface area contributed by atoms with Gasteiger partial charge in [-0.2, -0.15) is 0 Å². The third kappa shape index (κ3) is 3.79. The Morgan fingerprint density at radius 1 is 1.32 bits per heavy atom. The molecule has 1 unspecified atom stereocenters. The number of hydrogen-bond acceptors (Lipinski definition) is 5. The van der Waals surface area contributed by atoms with Gasteiger partial charge in [0.25, 0.3) is 0 Å². The molecule has 6 nitrogen and oxygen atoms in total. The third-order valence-corrected chi connectivity index (χ3v) is 3.84. The first kappa shape index (κ1) is 16.3. The highest BCUT2D eigenvalue weighted by Crippen LogP contribution is 2.24. The number of nitrogens with zero attached hydrogens (tertiary/aromatic N) is 4. The van der Waals surface area contributed by atoms with Gasteiger partial charge < -0.3 is 5.32 Å². The largest absolute Gasteiger partial charge is 0.323 e. The van der Waals surface area contributed by atoms with Gasteiger partial charge in [0.2, 0.25) is 11.1 Å². The van der Waals surface area contributed by atoms with Gasteiger partial charge >= 0.3 is 0 Å². The van der Waals surface area contributed by atoms with Crippen LogP contribution in [0.3, 0.4) is 0 Å². The lowest BCUT2D eigenvalue weighted by molar-refractivity contribution is -0.115. The highest BCUT2D eigenvalue weighted by atomic mass is 32.2. The zero-order chi connectivity index (χ0) is 16.3. The van der Waals surface area contributed by atoms with Crippen molar-refractivity contribution in [1.29, 1.82) is 0 Å². The topological polar surface area (TPSA) is 72.7 Å². The minimum atomic E-state index is -0.695. The summed E-state index contributed by atoms with van der Waals surface area (Å²) in [4.78, 5) is 12.1. The molecule has 0 saturated carbocycles. The minimum absolute atomic E-state index is 0.0495. The maximum Gasteiger partial charge on any atom is 0.237 e. The van der Waals surface area contributed by atoms with E-state index in [0.717, 1.165) is 30.0 Å². The second-order valence-corrected chi connectivity index (χ2v) is 6.18. The van der Waals surface area contributed by atoms with E-state index in [1.807, 2.05) is 13.8 Å². The Balaban J connectivity index is 2.06. The van der Waals surface area contributed by atoms with Gasteiger partial charge in [0.05, 0.1) is 17.0 Å². The maximum atomic E-state index is 13.5.